The van der Waals surface area contributed by atoms with Crippen molar-refractivity contribution in [2.75, 3.05) is 11.9 Å². The van der Waals surface area contributed by atoms with E-state index in [1.165, 1.54) is 4.90 Å². The maximum absolute atomic E-state index is 13.8. The lowest BCUT2D eigenvalue weighted by molar-refractivity contribution is -0.275. The summed E-state index contributed by atoms with van der Waals surface area (Å²) in [5, 5.41) is 10.3. The average Bonchev–Trinajstić information content (AvgIpc) is 2.78. The van der Waals surface area contributed by atoms with Crippen molar-refractivity contribution in [3.8, 4) is 5.75 Å². The fourth-order valence-electron chi connectivity index (χ4n) is 4.08. The number of alkyl halides is 3. The van der Waals surface area contributed by atoms with Crippen LogP contribution in [-0.4, -0.2) is 41.9 Å². The van der Waals surface area contributed by atoms with E-state index in [0.717, 1.165) is 30.6 Å². The number of halogens is 4. The molecule has 1 aliphatic heterocycles. The second kappa shape index (κ2) is 10.2. The molecule has 1 unspecified atom stereocenters. The van der Waals surface area contributed by atoms with Crippen LogP contribution in [0.3, 0.4) is 0 Å². The minimum atomic E-state index is -5.13. The second-order valence-corrected chi connectivity index (χ2v) is 8.35. The van der Waals surface area contributed by atoms with Gasteiger partial charge in [0.05, 0.1) is 12.0 Å². The predicted molar refractivity (Wildman–Crippen MR) is 122 cm³/mol. The van der Waals surface area contributed by atoms with Crippen LogP contribution < -0.4 is 15.8 Å². The maximum atomic E-state index is 13.8. The van der Waals surface area contributed by atoms with Crippen molar-refractivity contribution in [1.82, 2.24) is 4.90 Å². The van der Waals surface area contributed by atoms with Gasteiger partial charge in [0.1, 0.15) is 0 Å². The quantitative estimate of drug-likeness (QED) is 0.393. The van der Waals surface area contributed by atoms with E-state index in [4.69, 9.17) is 11.1 Å². The number of carbonyl (C=O) groups is 2. The smallest absolute Gasteiger partial charge is 0.404 e. The molecule has 0 saturated carbocycles. The first-order chi connectivity index (χ1) is 16.5. The molecule has 0 saturated heterocycles. The summed E-state index contributed by atoms with van der Waals surface area (Å²) in [6, 6.07) is 8.06. The molecule has 11 heteroatoms. The molecule has 7 nitrogen and oxygen atoms in total. The molecule has 2 atom stereocenters. The predicted octanol–water partition coefficient (Wildman–Crippen LogP) is 4.42. The number of amides is 2. The molecule has 2 aromatic carbocycles. The molecule has 2 amide bonds. The third-order valence-corrected chi connectivity index (χ3v) is 5.41. The molecule has 1 heterocycles. The van der Waals surface area contributed by atoms with Crippen LogP contribution in [0, 0.1) is 17.1 Å². The van der Waals surface area contributed by atoms with Crippen LogP contribution in [0.25, 0.3) is 0 Å². The van der Waals surface area contributed by atoms with Gasteiger partial charge < -0.3 is 26.1 Å². The van der Waals surface area contributed by atoms with Crippen molar-refractivity contribution in [1.29, 1.82) is 5.41 Å². The minimum absolute atomic E-state index is 0.0133. The fourth-order valence-corrected chi connectivity index (χ4v) is 4.08. The van der Waals surface area contributed by atoms with Gasteiger partial charge >= 0.3 is 6.36 Å². The normalized spacial score (nSPS) is 18.3. The highest BCUT2D eigenvalue weighted by molar-refractivity contribution is 6.05. The first-order valence-corrected chi connectivity index (χ1v) is 10.6. The van der Waals surface area contributed by atoms with Gasteiger partial charge in [-0.3, -0.25) is 9.59 Å². The van der Waals surface area contributed by atoms with Crippen molar-refractivity contribution >= 4 is 23.7 Å². The third-order valence-electron chi connectivity index (χ3n) is 5.41. The Hall–Kier alpha value is -3.89. The lowest BCUT2D eigenvalue weighted by Gasteiger charge is -2.42. The second-order valence-electron chi connectivity index (χ2n) is 8.35. The summed E-state index contributed by atoms with van der Waals surface area (Å²) in [6.07, 6.45) is -3.04. The topological polar surface area (TPSA) is 109 Å². The summed E-state index contributed by atoms with van der Waals surface area (Å²) >= 11 is 0. The Bertz CT molecular complexity index is 1160. The SMILES string of the molecule is CC(C)CN1C(=O)c2ccccc2[C@@H](C(=O)Nc2ccc(F)c(OC(F)(F)F)c2)C1/C(C=N)=C/N. The van der Waals surface area contributed by atoms with Crippen molar-refractivity contribution in [2.45, 2.75) is 32.2 Å². The van der Waals surface area contributed by atoms with E-state index >= 15 is 0 Å². The van der Waals surface area contributed by atoms with E-state index in [1.807, 2.05) is 13.8 Å². The maximum Gasteiger partial charge on any atom is 0.573 e. The molecule has 35 heavy (non-hydrogen) atoms. The molecule has 0 fully saturated rings. The number of rotatable bonds is 7. The third kappa shape index (κ3) is 5.61. The lowest BCUT2D eigenvalue weighted by Crippen LogP contribution is -2.53. The molecular weight excluding hydrogens is 468 g/mol. The summed E-state index contributed by atoms with van der Waals surface area (Å²) in [5.41, 5.74) is 6.45. The van der Waals surface area contributed by atoms with Gasteiger partial charge in [-0.25, -0.2) is 4.39 Å². The molecule has 0 radical (unpaired) electrons. The fraction of sp³-hybridized carbons (Fsp3) is 0.292. The standard InChI is InChI=1S/C24H24F4N4O3/c1-13(2)12-32-21(14(10-29)11-30)20(16-5-3-4-6-17(16)23(32)34)22(33)31-15-7-8-18(25)19(9-15)35-24(26,27)28/h3-11,13,20-21,29H,12,30H2,1-2H3,(H,31,33)/b14-11+,29-10?/t20-,21?/m1/s1. The Morgan fingerprint density at radius 2 is 1.94 bits per heavy atom. The van der Waals surface area contributed by atoms with Gasteiger partial charge in [-0.2, -0.15) is 0 Å². The zero-order chi connectivity index (χ0) is 25.9. The van der Waals surface area contributed by atoms with E-state index in [9.17, 15) is 27.2 Å². The molecule has 0 spiro atoms. The number of nitrogens with one attached hydrogen (secondary N) is 2. The van der Waals surface area contributed by atoms with Crippen LogP contribution >= 0.6 is 0 Å². The number of hydrogen-bond acceptors (Lipinski definition) is 5. The molecule has 4 N–H and O–H groups in total. The summed E-state index contributed by atoms with van der Waals surface area (Å²) in [6.45, 7) is 4.03. The number of anilines is 1. The van der Waals surface area contributed by atoms with Gasteiger partial charge in [0.25, 0.3) is 5.91 Å². The van der Waals surface area contributed by atoms with Gasteiger partial charge in [-0.1, -0.05) is 32.0 Å². The molecule has 2 aromatic rings. The molecule has 186 valence electrons. The monoisotopic (exact) mass is 492 g/mol. The molecule has 0 aliphatic carbocycles. The number of benzene rings is 2. The van der Waals surface area contributed by atoms with Crippen LogP contribution in [0.2, 0.25) is 0 Å². The summed E-state index contributed by atoms with van der Waals surface area (Å²) in [4.78, 5) is 28.3. The van der Waals surface area contributed by atoms with E-state index < -0.39 is 35.8 Å². The van der Waals surface area contributed by atoms with Crippen molar-refractivity contribution in [3.05, 3.63) is 71.2 Å². The first kappa shape index (κ1) is 25.7. The van der Waals surface area contributed by atoms with Crippen LogP contribution in [0.4, 0.5) is 23.2 Å². The van der Waals surface area contributed by atoms with Gasteiger partial charge in [0.15, 0.2) is 11.6 Å². The zero-order valence-electron chi connectivity index (χ0n) is 18.9. The molecule has 1 aliphatic rings. The molecular formula is C24H24F4N4O3. The summed E-state index contributed by atoms with van der Waals surface area (Å²) in [7, 11) is 0. The molecule has 0 aromatic heterocycles. The lowest BCUT2D eigenvalue weighted by atomic mass is 9.79. The van der Waals surface area contributed by atoms with E-state index in [-0.39, 0.29) is 35.2 Å². The van der Waals surface area contributed by atoms with Gasteiger partial charge in [-0.15, -0.1) is 13.2 Å². The summed E-state index contributed by atoms with van der Waals surface area (Å²) in [5.74, 6) is -4.43. The zero-order valence-corrected chi connectivity index (χ0v) is 18.9. The van der Waals surface area contributed by atoms with Crippen LogP contribution in [0.15, 0.2) is 54.2 Å². The molecule has 0 bridgehead atoms. The average molecular weight is 492 g/mol. The number of hydrogen-bond donors (Lipinski definition) is 3. The Kier molecular flexibility index (Phi) is 7.47. The number of nitrogens with two attached hydrogens (primary N) is 1. The van der Waals surface area contributed by atoms with E-state index in [1.54, 1.807) is 24.3 Å². The van der Waals surface area contributed by atoms with E-state index in [0.29, 0.717) is 5.56 Å². The van der Waals surface area contributed by atoms with Crippen molar-refractivity contribution in [2.24, 2.45) is 11.7 Å². The largest absolute Gasteiger partial charge is 0.573 e. The van der Waals surface area contributed by atoms with Gasteiger partial charge in [0, 0.05) is 41.8 Å². The Labute approximate surface area is 199 Å². The van der Waals surface area contributed by atoms with Gasteiger partial charge in [-0.05, 0) is 29.7 Å². The highest BCUT2D eigenvalue weighted by atomic mass is 19.4. The van der Waals surface area contributed by atoms with Crippen LogP contribution in [0.5, 0.6) is 5.75 Å². The Balaban J connectivity index is 2.08. The number of ether oxygens (including phenoxy) is 1. The van der Waals surface area contributed by atoms with Crippen molar-refractivity contribution < 1.29 is 31.9 Å². The summed E-state index contributed by atoms with van der Waals surface area (Å²) < 4.78 is 55.4. The number of carbonyl (C=O) groups excluding carboxylic acids is 2. The highest BCUT2D eigenvalue weighted by Gasteiger charge is 2.44. The highest BCUT2D eigenvalue weighted by Crippen LogP contribution is 2.38. The minimum Gasteiger partial charge on any atom is -0.404 e. The Morgan fingerprint density at radius 1 is 1.26 bits per heavy atom. The van der Waals surface area contributed by atoms with Crippen LogP contribution in [-0.2, 0) is 4.79 Å². The number of fused-ring (bicyclic) bond motifs is 1. The van der Waals surface area contributed by atoms with Crippen molar-refractivity contribution in [3.63, 3.8) is 0 Å². The van der Waals surface area contributed by atoms with Crippen LogP contribution in [0.1, 0.15) is 35.7 Å². The van der Waals surface area contributed by atoms with Gasteiger partial charge in [0.2, 0.25) is 5.91 Å². The first-order valence-electron chi connectivity index (χ1n) is 10.6. The number of nitrogens with zero attached hydrogens (tertiary/aromatic N) is 1. The van der Waals surface area contributed by atoms with E-state index in [2.05, 4.69) is 10.1 Å². The molecule has 3 rings (SSSR count). The Morgan fingerprint density at radius 3 is 2.54 bits per heavy atom.